The predicted molar refractivity (Wildman–Crippen MR) is 79.1 cm³/mol. The highest BCUT2D eigenvalue weighted by Crippen LogP contribution is 2.27. The third kappa shape index (κ3) is 6.00. The predicted octanol–water partition coefficient (Wildman–Crippen LogP) is 5.53. The van der Waals surface area contributed by atoms with Crippen molar-refractivity contribution in [2.75, 3.05) is 0 Å². The summed E-state index contributed by atoms with van der Waals surface area (Å²) in [7, 11) is 0. The number of aromatic nitrogens is 4. The number of halogens is 7. The minimum absolute atomic E-state index is 0.0144. The van der Waals surface area contributed by atoms with Crippen LogP contribution in [0.5, 0.6) is 0 Å². The number of hydrogen-bond acceptors (Lipinski definition) is 4. The molecule has 2 aromatic rings. The van der Waals surface area contributed by atoms with Gasteiger partial charge in [-0.25, -0.2) is 19.9 Å². The van der Waals surface area contributed by atoms with Gasteiger partial charge in [-0.1, -0.05) is 58.0 Å². The van der Waals surface area contributed by atoms with E-state index in [1.54, 1.807) is 0 Å². The summed E-state index contributed by atoms with van der Waals surface area (Å²) in [5, 5.41) is 0.790. The zero-order chi connectivity index (χ0) is 14.6. The van der Waals surface area contributed by atoms with Gasteiger partial charge in [-0.3, -0.25) is 0 Å². The molecule has 0 amide bonds. The Bertz CT molecular complexity index is 518. The molecule has 0 saturated heterocycles. The molecule has 102 valence electrons. The molecule has 0 spiro atoms. The van der Waals surface area contributed by atoms with Crippen LogP contribution in [0, 0.1) is 0 Å². The maximum absolute atomic E-state index is 5.50. The van der Waals surface area contributed by atoms with Gasteiger partial charge in [0.2, 0.25) is 10.6 Å². The molecule has 0 atom stereocenters. The second kappa shape index (κ2) is 7.84. The molecule has 0 aromatic carbocycles. The molecule has 0 bridgehead atoms. The fraction of sp³-hybridized carbons (Fsp3) is 0. The summed E-state index contributed by atoms with van der Waals surface area (Å²) < 4.78 is 0. The molecule has 0 saturated carbocycles. The molecule has 2 rings (SSSR count). The molecule has 19 heavy (non-hydrogen) atoms. The Morgan fingerprint density at radius 1 is 0.579 bits per heavy atom. The largest absolute Gasteiger partial charge is 0.225 e. The molecule has 0 aliphatic carbocycles. The second-order valence-corrected chi connectivity index (χ2v) is 5.22. The van der Waals surface area contributed by atoms with Crippen molar-refractivity contribution in [2.45, 2.75) is 0 Å². The molecule has 0 N–H and O–H groups in total. The van der Waals surface area contributed by atoms with Crippen LogP contribution in [0.15, 0.2) is 6.07 Å². The molecule has 4 nitrogen and oxygen atoms in total. The Morgan fingerprint density at radius 3 is 1.32 bits per heavy atom. The summed E-state index contributed by atoms with van der Waals surface area (Å²) >= 11 is 38.0. The Morgan fingerprint density at radius 2 is 0.947 bits per heavy atom. The lowest BCUT2D eigenvalue weighted by molar-refractivity contribution is 1.17. The molecule has 0 aliphatic rings. The van der Waals surface area contributed by atoms with E-state index in [2.05, 4.69) is 19.9 Å². The monoisotopic (exact) mass is 398 g/mol. The van der Waals surface area contributed by atoms with Crippen molar-refractivity contribution in [2.24, 2.45) is 0 Å². The summed E-state index contributed by atoms with van der Waals surface area (Å²) in [6.07, 6.45) is 0. The van der Waals surface area contributed by atoms with E-state index in [0.717, 1.165) is 0 Å². The molecule has 2 aromatic heterocycles. The SMILES string of the molecule is Clc1cc(Cl)nc(Cl)n1.Clc1nc(Cl)c(Cl)c(Cl)n1. The van der Waals surface area contributed by atoms with Crippen LogP contribution >= 0.6 is 81.2 Å². The van der Waals surface area contributed by atoms with Gasteiger partial charge in [-0.2, -0.15) is 0 Å². The summed E-state index contributed by atoms with van der Waals surface area (Å²) in [4.78, 5) is 14.2. The zero-order valence-electron chi connectivity index (χ0n) is 8.51. The van der Waals surface area contributed by atoms with Crippen molar-refractivity contribution < 1.29 is 0 Å². The van der Waals surface area contributed by atoms with Crippen molar-refractivity contribution in [1.82, 2.24) is 19.9 Å². The first kappa shape index (κ1) is 17.2. The topological polar surface area (TPSA) is 51.6 Å². The lowest BCUT2D eigenvalue weighted by atomic mass is 10.7. The molecule has 11 heteroatoms. The molecule has 0 unspecified atom stereocenters. The lowest BCUT2D eigenvalue weighted by Gasteiger charge is -1.95. The van der Waals surface area contributed by atoms with Crippen LogP contribution in [-0.4, -0.2) is 19.9 Å². The molecule has 0 radical (unpaired) electrons. The first-order valence-corrected chi connectivity index (χ1v) is 6.83. The van der Waals surface area contributed by atoms with E-state index in [9.17, 15) is 0 Å². The number of hydrogen-bond donors (Lipinski definition) is 0. The minimum atomic E-state index is -0.0144. The van der Waals surface area contributed by atoms with Crippen molar-refractivity contribution >= 4 is 81.2 Å². The summed E-state index contributed by atoms with van der Waals surface area (Å²) in [5.41, 5.74) is 0. The van der Waals surface area contributed by atoms with Gasteiger partial charge < -0.3 is 0 Å². The van der Waals surface area contributed by atoms with Crippen molar-refractivity contribution in [3.8, 4) is 0 Å². The van der Waals surface area contributed by atoms with Crippen LogP contribution in [0.25, 0.3) is 0 Å². The van der Waals surface area contributed by atoms with E-state index in [-0.39, 0.29) is 36.2 Å². The fourth-order valence-electron chi connectivity index (χ4n) is 0.734. The Hall–Kier alpha value is 0.190. The molecule has 0 fully saturated rings. The maximum Gasteiger partial charge on any atom is 0.225 e. The first-order chi connectivity index (χ1) is 8.79. The van der Waals surface area contributed by atoms with Crippen LogP contribution in [-0.2, 0) is 0 Å². The van der Waals surface area contributed by atoms with Gasteiger partial charge in [0.15, 0.2) is 10.3 Å². The highest BCUT2D eigenvalue weighted by molar-refractivity contribution is 6.47. The summed E-state index contributed by atoms with van der Waals surface area (Å²) in [5.74, 6) is 0. The maximum atomic E-state index is 5.50. The van der Waals surface area contributed by atoms with Crippen LogP contribution < -0.4 is 0 Å². The fourth-order valence-corrected chi connectivity index (χ4v) is 2.15. The highest BCUT2D eigenvalue weighted by atomic mass is 35.5. The third-order valence-corrected chi connectivity index (χ3v) is 3.20. The van der Waals surface area contributed by atoms with E-state index < -0.39 is 0 Å². The van der Waals surface area contributed by atoms with Crippen LogP contribution in [0.3, 0.4) is 0 Å². The lowest BCUT2D eigenvalue weighted by Crippen LogP contribution is -1.84. The number of rotatable bonds is 0. The van der Waals surface area contributed by atoms with Gasteiger partial charge >= 0.3 is 0 Å². The van der Waals surface area contributed by atoms with Crippen molar-refractivity contribution in [1.29, 1.82) is 0 Å². The van der Waals surface area contributed by atoms with Gasteiger partial charge in [0.1, 0.15) is 15.3 Å². The zero-order valence-corrected chi connectivity index (χ0v) is 13.8. The van der Waals surface area contributed by atoms with Gasteiger partial charge in [0.05, 0.1) is 0 Å². The quantitative estimate of drug-likeness (QED) is 0.431. The normalized spacial score (nSPS) is 9.84. The smallest absolute Gasteiger partial charge is 0.206 e. The molecule has 2 heterocycles. The molecular weight excluding hydrogens is 400 g/mol. The van der Waals surface area contributed by atoms with Gasteiger partial charge in [0, 0.05) is 6.07 Å². The average Bonchev–Trinajstić information content (AvgIpc) is 2.24. The van der Waals surface area contributed by atoms with Crippen LogP contribution in [0.1, 0.15) is 0 Å². The van der Waals surface area contributed by atoms with Crippen LogP contribution in [0.2, 0.25) is 36.2 Å². The molecule has 0 aliphatic heterocycles. The Kier molecular flexibility index (Phi) is 7.11. The van der Waals surface area contributed by atoms with Crippen LogP contribution in [0.4, 0.5) is 0 Å². The van der Waals surface area contributed by atoms with E-state index in [1.165, 1.54) is 6.07 Å². The van der Waals surface area contributed by atoms with Gasteiger partial charge in [-0.05, 0) is 23.2 Å². The third-order valence-electron chi connectivity index (χ3n) is 1.38. The van der Waals surface area contributed by atoms with E-state index in [4.69, 9.17) is 81.2 Å². The Balaban J connectivity index is 0.000000191. The first-order valence-electron chi connectivity index (χ1n) is 4.19. The second-order valence-electron chi connectivity index (χ2n) is 2.67. The standard InChI is InChI=1S/C4Cl4N2.C4HCl3N2/c5-1-2(6)9-4(8)10-3(1)7;5-2-1-3(6)9-4(7)8-2/h;1H. The van der Waals surface area contributed by atoms with E-state index in [0.29, 0.717) is 0 Å². The van der Waals surface area contributed by atoms with Gasteiger partial charge in [-0.15, -0.1) is 0 Å². The molecular formula is C8HCl7N4. The average molecular weight is 401 g/mol. The van der Waals surface area contributed by atoms with Crippen molar-refractivity contribution in [3.63, 3.8) is 0 Å². The van der Waals surface area contributed by atoms with E-state index in [1.807, 2.05) is 0 Å². The number of nitrogens with zero attached hydrogens (tertiary/aromatic N) is 4. The highest BCUT2D eigenvalue weighted by Gasteiger charge is 2.06. The van der Waals surface area contributed by atoms with Crippen molar-refractivity contribution in [3.05, 3.63) is 42.3 Å². The summed E-state index contributed by atoms with van der Waals surface area (Å²) in [6.45, 7) is 0. The van der Waals surface area contributed by atoms with E-state index >= 15 is 0 Å². The minimum Gasteiger partial charge on any atom is -0.206 e. The Labute approximate surface area is 142 Å². The van der Waals surface area contributed by atoms with Gasteiger partial charge in [0.25, 0.3) is 0 Å². The summed E-state index contributed by atoms with van der Waals surface area (Å²) in [6, 6.07) is 1.41.